The molecule has 3 heteroatoms. The molecule has 0 amide bonds. The summed E-state index contributed by atoms with van der Waals surface area (Å²) in [7, 11) is 0. The van der Waals surface area contributed by atoms with E-state index in [1.807, 2.05) is 6.07 Å². The van der Waals surface area contributed by atoms with Gasteiger partial charge in [-0.1, -0.05) is 0 Å². The summed E-state index contributed by atoms with van der Waals surface area (Å²) in [6.07, 6.45) is 0.748. The molecule has 0 saturated carbocycles. The number of aromatic nitrogens is 1. The van der Waals surface area contributed by atoms with Gasteiger partial charge in [0, 0.05) is 11.3 Å². The molecule has 1 heterocycles. The summed E-state index contributed by atoms with van der Waals surface area (Å²) in [5, 5.41) is 8.80. The minimum Gasteiger partial charge on any atom is -0.298 e. The summed E-state index contributed by atoms with van der Waals surface area (Å²) in [6, 6.07) is 2.04. The number of rotatable bonds is 1. The first-order chi connectivity index (χ1) is 6.11. The van der Waals surface area contributed by atoms with Gasteiger partial charge in [0.15, 0.2) is 6.29 Å². The van der Waals surface area contributed by atoms with E-state index in [1.54, 1.807) is 20.8 Å². The standard InChI is InChI=1S/C10H10N2O/c1-6-9(4-11)7(2)12-8(3)10(6)5-13/h5H,1-3H3. The van der Waals surface area contributed by atoms with E-state index in [-0.39, 0.29) is 0 Å². The van der Waals surface area contributed by atoms with Crippen LogP contribution in [0.4, 0.5) is 0 Å². The van der Waals surface area contributed by atoms with Crippen LogP contribution in [0.15, 0.2) is 0 Å². The first-order valence-electron chi connectivity index (χ1n) is 3.95. The minimum absolute atomic E-state index is 0.507. The van der Waals surface area contributed by atoms with Crippen molar-refractivity contribution in [3.63, 3.8) is 0 Å². The van der Waals surface area contributed by atoms with Crippen molar-refractivity contribution in [1.29, 1.82) is 5.26 Å². The molecule has 0 aliphatic rings. The first kappa shape index (κ1) is 9.40. The Bertz CT molecular complexity index is 402. The Morgan fingerprint density at radius 1 is 1.31 bits per heavy atom. The third kappa shape index (κ3) is 1.43. The van der Waals surface area contributed by atoms with Crippen LogP contribution in [-0.2, 0) is 0 Å². The maximum absolute atomic E-state index is 10.7. The zero-order valence-electron chi connectivity index (χ0n) is 7.88. The van der Waals surface area contributed by atoms with Gasteiger partial charge < -0.3 is 0 Å². The molecule has 13 heavy (non-hydrogen) atoms. The summed E-state index contributed by atoms with van der Waals surface area (Å²) < 4.78 is 0. The van der Waals surface area contributed by atoms with Crippen LogP contribution in [0.1, 0.15) is 32.9 Å². The molecule has 0 bridgehead atoms. The number of pyridine rings is 1. The number of aryl methyl sites for hydroxylation is 2. The van der Waals surface area contributed by atoms with Crippen molar-refractivity contribution in [2.75, 3.05) is 0 Å². The van der Waals surface area contributed by atoms with E-state index in [2.05, 4.69) is 4.98 Å². The highest BCUT2D eigenvalue weighted by Gasteiger charge is 2.10. The van der Waals surface area contributed by atoms with Gasteiger partial charge in [-0.2, -0.15) is 5.26 Å². The lowest BCUT2D eigenvalue weighted by Crippen LogP contribution is -2.01. The molecule has 0 N–H and O–H groups in total. The fourth-order valence-corrected chi connectivity index (χ4v) is 1.38. The number of hydrogen-bond acceptors (Lipinski definition) is 3. The second-order valence-corrected chi connectivity index (χ2v) is 2.93. The van der Waals surface area contributed by atoms with Gasteiger partial charge in [-0.05, 0) is 26.3 Å². The van der Waals surface area contributed by atoms with Crippen molar-refractivity contribution >= 4 is 6.29 Å². The summed E-state index contributed by atoms with van der Waals surface area (Å²) in [5.41, 5.74) is 3.13. The van der Waals surface area contributed by atoms with Crippen molar-refractivity contribution in [1.82, 2.24) is 4.98 Å². The summed E-state index contributed by atoms with van der Waals surface area (Å²) in [5.74, 6) is 0. The van der Waals surface area contributed by atoms with Crippen LogP contribution in [0.2, 0.25) is 0 Å². The number of hydrogen-bond donors (Lipinski definition) is 0. The van der Waals surface area contributed by atoms with Gasteiger partial charge in [0.2, 0.25) is 0 Å². The molecule has 3 nitrogen and oxygen atoms in total. The third-order valence-corrected chi connectivity index (χ3v) is 2.10. The average molecular weight is 174 g/mol. The van der Waals surface area contributed by atoms with Gasteiger partial charge in [0.1, 0.15) is 6.07 Å². The Morgan fingerprint density at radius 2 is 1.92 bits per heavy atom. The third-order valence-electron chi connectivity index (χ3n) is 2.10. The zero-order chi connectivity index (χ0) is 10.0. The Balaban J connectivity index is 3.60. The Kier molecular flexibility index (Phi) is 2.43. The molecule has 0 aromatic carbocycles. The second kappa shape index (κ2) is 3.36. The molecular weight excluding hydrogens is 164 g/mol. The van der Waals surface area contributed by atoms with Gasteiger partial charge in [-0.3, -0.25) is 9.78 Å². The fourth-order valence-electron chi connectivity index (χ4n) is 1.38. The van der Waals surface area contributed by atoms with Gasteiger partial charge in [0.05, 0.1) is 11.3 Å². The predicted molar refractivity (Wildman–Crippen MR) is 48.6 cm³/mol. The average Bonchev–Trinajstić information content (AvgIpc) is 2.04. The maximum atomic E-state index is 10.7. The number of nitrogens with zero attached hydrogens (tertiary/aromatic N) is 2. The van der Waals surface area contributed by atoms with Gasteiger partial charge in [0.25, 0.3) is 0 Å². The van der Waals surface area contributed by atoms with Crippen LogP contribution in [-0.4, -0.2) is 11.3 Å². The predicted octanol–water partition coefficient (Wildman–Crippen LogP) is 1.69. The molecule has 0 aliphatic heterocycles. The van der Waals surface area contributed by atoms with Gasteiger partial charge in [-0.15, -0.1) is 0 Å². The number of carbonyl (C=O) groups excluding carboxylic acids is 1. The number of aldehydes is 1. The molecule has 0 fully saturated rings. The van der Waals surface area contributed by atoms with E-state index in [1.165, 1.54) is 0 Å². The van der Waals surface area contributed by atoms with Crippen LogP contribution in [0, 0.1) is 32.1 Å². The highest BCUT2D eigenvalue weighted by atomic mass is 16.1. The molecule has 1 rings (SSSR count). The molecule has 0 spiro atoms. The van der Waals surface area contributed by atoms with E-state index < -0.39 is 0 Å². The van der Waals surface area contributed by atoms with Crippen molar-refractivity contribution in [3.05, 3.63) is 28.1 Å². The smallest absolute Gasteiger partial charge is 0.152 e. The number of carbonyl (C=O) groups is 1. The van der Waals surface area contributed by atoms with Gasteiger partial charge in [-0.25, -0.2) is 0 Å². The topological polar surface area (TPSA) is 53.8 Å². The largest absolute Gasteiger partial charge is 0.298 e. The number of nitriles is 1. The molecule has 0 atom stereocenters. The second-order valence-electron chi connectivity index (χ2n) is 2.93. The molecule has 1 aromatic rings. The quantitative estimate of drug-likeness (QED) is 0.609. The monoisotopic (exact) mass is 174 g/mol. The van der Waals surface area contributed by atoms with Crippen molar-refractivity contribution in [2.45, 2.75) is 20.8 Å². The lowest BCUT2D eigenvalue weighted by Gasteiger charge is -2.06. The van der Waals surface area contributed by atoms with Crippen molar-refractivity contribution in [2.24, 2.45) is 0 Å². The lowest BCUT2D eigenvalue weighted by atomic mass is 10.0. The van der Waals surface area contributed by atoms with Crippen LogP contribution in [0.25, 0.3) is 0 Å². The molecular formula is C10H10N2O. The van der Waals surface area contributed by atoms with Crippen molar-refractivity contribution < 1.29 is 4.79 Å². The van der Waals surface area contributed by atoms with Gasteiger partial charge >= 0.3 is 0 Å². The van der Waals surface area contributed by atoms with E-state index in [0.717, 1.165) is 11.8 Å². The van der Waals surface area contributed by atoms with Crippen LogP contribution in [0.5, 0.6) is 0 Å². The minimum atomic E-state index is 0.507. The SMILES string of the molecule is Cc1nc(C)c(C=O)c(C)c1C#N. The van der Waals surface area contributed by atoms with Crippen LogP contribution < -0.4 is 0 Å². The molecule has 0 unspecified atom stereocenters. The fraction of sp³-hybridized carbons (Fsp3) is 0.300. The normalized spacial score (nSPS) is 9.38. The van der Waals surface area contributed by atoms with E-state index >= 15 is 0 Å². The molecule has 66 valence electrons. The Morgan fingerprint density at radius 3 is 2.38 bits per heavy atom. The summed E-state index contributed by atoms with van der Waals surface area (Å²) in [6.45, 7) is 5.31. The molecule has 1 aromatic heterocycles. The Hall–Kier alpha value is -1.69. The highest BCUT2D eigenvalue weighted by Crippen LogP contribution is 2.16. The lowest BCUT2D eigenvalue weighted by molar-refractivity contribution is 0.112. The van der Waals surface area contributed by atoms with E-state index in [4.69, 9.17) is 5.26 Å². The van der Waals surface area contributed by atoms with Crippen LogP contribution in [0.3, 0.4) is 0 Å². The Labute approximate surface area is 77.0 Å². The highest BCUT2D eigenvalue weighted by molar-refractivity contribution is 5.80. The molecule has 0 saturated heterocycles. The first-order valence-corrected chi connectivity index (χ1v) is 3.95. The summed E-state index contributed by atoms with van der Waals surface area (Å²) >= 11 is 0. The van der Waals surface area contributed by atoms with E-state index in [9.17, 15) is 4.79 Å². The molecule has 0 radical (unpaired) electrons. The molecule has 0 aliphatic carbocycles. The maximum Gasteiger partial charge on any atom is 0.152 e. The van der Waals surface area contributed by atoms with Crippen molar-refractivity contribution in [3.8, 4) is 6.07 Å². The van der Waals surface area contributed by atoms with Crippen LogP contribution >= 0.6 is 0 Å². The summed E-state index contributed by atoms with van der Waals surface area (Å²) in [4.78, 5) is 14.8. The zero-order valence-corrected chi connectivity index (χ0v) is 7.88. The van der Waals surface area contributed by atoms with E-state index in [0.29, 0.717) is 22.5 Å².